The van der Waals surface area contributed by atoms with Gasteiger partial charge in [-0.1, -0.05) is 13.8 Å². The van der Waals surface area contributed by atoms with Crippen molar-refractivity contribution in [1.29, 1.82) is 0 Å². The average molecular weight is 364 g/mol. The Labute approximate surface area is 139 Å². The van der Waals surface area contributed by atoms with Crippen molar-refractivity contribution in [3.8, 4) is 0 Å². The summed E-state index contributed by atoms with van der Waals surface area (Å²) in [5.41, 5.74) is 0. The molecule has 3 atom stereocenters. The Morgan fingerprint density at radius 1 is 1.17 bits per heavy atom. The molecule has 0 radical (unpaired) electrons. The highest BCUT2D eigenvalue weighted by atomic mass is 32.3. The Hall–Kier alpha value is -1.72. The van der Waals surface area contributed by atoms with Gasteiger partial charge >= 0.3 is 16.4 Å². The van der Waals surface area contributed by atoms with Crippen LogP contribution in [-0.4, -0.2) is 55.6 Å². The molecule has 1 saturated carbocycles. The molecule has 0 bridgehead atoms. The van der Waals surface area contributed by atoms with Gasteiger partial charge in [0.2, 0.25) is 12.0 Å². The van der Waals surface area contributed by atoms with Crippen LogP contribution in [0.4, 0.5) is 0 Å². The van der Waals surface area contributed by atoms with Crippen LogP contribution in [0.2, 0.25) is 0 Å². The molecule has 1 saturated heterocycles. The molecule has 2 rings (SSSR count). The zero-order valence-electron chi connectivity index (χ0n) is 13.2. The number of hydrogen-bond donors (Lipinski definition) is 3. The van der Waals surface area contributed by atoms with E-state index < -0.39 is 46.4 Å². The fourth-order valence-electron chi connectivity index (χ4n) is 2.22. The molecular formula is C13H20N2O8S. The number of nitrogens with one attached hydrogen (secondary N) is 2. The lowest BCUT2D eigenvalue weighted by atomic mass is 10.0. The Morgan fingerprint density at radius 2 is 1.75 bits per heavy atom. The van der Waals surface area contributed by atoms with Crippen molar-refractivity contribution >= 4 is 28.2 Å². The molecule has 11 heteroatoms. The van der Waals surface area contributed by atoms with E-state index in [4.69, 9.17) is 5.11 Å². The lowest BCUT2D eigenvalue weighted by molar-refractivity contribution is -0.150. The zero-order valence-corrected chi connectivity index (χ0v) is 14.0. The first kappa shape index (κ1) is 18.6. The third-order valence-corrected chi connectivity index (χ3v) is 4.37. The van der Waals surface area contributed by atoms with Crippen molar-refractivity contribution in [1.82, 2.24) is 10.6 Å². The van der Waals surface area contributed by atoms with Crippen LogP contribution in [0, 0.1) is 5.92 Å². The van der Waals surface area contributed by atoms with Crippen molar-refractivity contribution in [3.05, 3.63) is 0 Å². The zero-order chi connectivity index (χ0) is 18.1. The van der Waals surface area contributed by atoms with Gasteiger partial charge in [-0.05, 0) is 25.2 Å². The van der Waals surface area contributed by atoms with E-state index in [0.29, 0.717) is 6.42 Å². The number of hydrogen-bond acceptors (Lipinski definition) is 7. The number of carbonyl (C=O) groups excluding carboxylic acids is 2. The van der Waals surface area contributed by atoms with E-state index in [2.05, 4.69) is 19.0 Å². The van der Waals surface area contributed by atoms with E-state index in [-0.39, 0.29) is 12.0 Å². The smallest absolute Gasteiger partial charge is 0.401 e. The minimum Gasteiger partial charge on any atom is -0.479 e. The summed E-state index contributed by atoms with van der Waals surface area (Å²) in [6.45, 7) is 3.70. The number of carboxylic acids is 1. The van der Waals surface area contributed by atoms with Gasteiger partial charge in [-0.15, -0.1) is 0 Å². The van der Waals surface area contributed by atoms with Crippen LogP contribution in [0.5, 0.6) is 0 Å². The molecule has 1 aliphatic heterocycles. The molecule has 3 N–H and O–H groups in total. The van der Waals surface area contributed by atoms with Crippen molar-refractivity contribution in [2.45, 2.75) is 57.4 Å². The second-order valence-corrected chi connectivity index (χ2v) is 7.46. The first-order valence-electron chi connectivity index (χ1n) is 7.54. The molecule has 1 aliphatic carbocycles. The molecule has 2 fully saturated rings. The van der Waals surface area contributed by atoms with E-state index in [1.54, 1.807) is 0 Å². The number of aliphatic carboxylic acids is 1. The molecule has 0 aromatic heterocycles. The third kappa shape index (κ3) is 4.89. The summed E-state index contributed by atoms with van der Waals surface area (Å²) in [6.07, 6.45) is -1.82. The Balaban J connectivity index is 2.07. The largest absolute Gasteiger partial charge is 0.479 e. The van der Waals surface area contributed by atoms with Gasteiger partial charge in [-0.2, -0.15) is 8.42 Å². The van der Waals surface area contributed by atoms with Crippen molar-refractivity contribution in [2.24, 2.45) is 5.92 Å². The van der Waals surface area contributed by atoms with Crippen molar-refractivity contribution < 1.29 is 36.3 Å². The van der Waals surface area contributed by atoms with Gasteiger partial charge in [0.1, 0.15) is 6.04 Å². The van der Waals surface area contributed by atoms with E-state index in [1.807, 2.05) is 13.8 Å². The van der Waals surface area contributed by atoms with E-state index >= 15 is 0 Å². The Kier molecular flexibility index (Phi) is 5.45. The summed E-state index contributed by atoms with van der Waals surface area (Å²) in [7, 11) is -4.56. The number of amides is 2. The van der Waals surface area contributed by atoms with Crippen LogP contribution in [0.25, 0.3) is 0 Å². The molecule has 24 heavy (non-hydrogen) atoms. The summed E-state index contributed by atoms with van der Waals surface area (Å²) in [5.74, 6) is -3.01. The van der Waals surface area contributed by atoms with Gasteiger partial charge in [0, 0.05) is 6.04 Å². The standard InChI is InChI=1S/C13H20N2O8S/c1-6(2)5-8(11(16)14-7-3-4-7)15-12(17)9-10(13(18)19)23-24(20,21)22-9/h6-10H,3-5H2,1-2H3,(H,14,16)(H,15,17)(H,18,19)/t8-,9-,10-/m0/s1. The summed E-state index contributed by atoms with van der Waals surface area (Å²) >= 11 is 0. The molecular weight excluding hydrogens is 344 g/mol. The second-order valence-electron chi connectivity index (χ2n) is 6.25. The van der Waals surface area contributed by atoms with E-state index in [9.17, 15) is 22.8 Å². The quantitative estimate of drug-likeness (QED) is 0.516. The molecule has 10 nitrogen and oxygen atoms in total. The normalized spacial score (nSPS) is 26.8. The summed E-state index contributed by atoms with van der Waals surface area (Å²) in [5, 5.41) is 14.1. The molecule has 0 aromatic rings. The number of carbonyl (C=O) groups is 3. The maximum absolute atomic E-state index is 12.2. The lowest BCUT2D eigenvalue weighted by Crippen LogP contribution is -2.53. The topological polar surface area (TPSA) is 148 Å². The first-order chi connectivity index (χ1) is 11.1. The van der Waals surface area contributed by atoms with Gasteiger partial charge < -0.3 is 15.7 Å². The van der Waals surface area contributed by atoms with Crippen molar-refractivity contribution in [2.75, 3.05) is 0 Å². The Bertz CT molecular complexity index is 628. The summed E-state index contributed by atoms with van der Waals surface area (Å²) in [6, 6.07) is -0.832. The van der Waals surface area contributed by atoms with Gasteiger partial charge in [-0.25, -0.2) is 13.2 Å². The van der Waals surface area contributed by atoms with Gasteiger partial charge in [-0.3, -0.25) is 9.59 Å². The predicted octanol–water partition coefficient (Wildman–Crippen LogP) is -1.09. The van der Waals surface area contributed by atoms with Crippen LogP contribution >= 0.6 is 0 Å². The molecule has 0 unspecified atom stereocenters. The van der Waals surface area contributed by atoms with Crippen LogP contribution < -0.4 is 10.6 Å². The highest BCUT2D eigenvalue weighted by Crippen LogP contribution is 2.22. The highest BCUT2D eigenvalue weighted by Gasteiger charge is 2.49. The van der Waals surface area contributed by atoms with Crippen molar-refractivity contribution in [3.63, 3.8) is 0 Å². The van der Waals surface area contributed by atoms with Crippen LogP contribution in [0.15, 0.2) is 0 Å². The van der Waals surface area contributed by atoms with E-state index in [0.717, 1.165) is 12.8 Å². The second kappa shape index (κ2) is 7.03. The lowest BCUT2D eigenvalue weighted by Gasteiger charge is -2.21. The predicted molar refractivity (Wildman–Crippen MR) is 78.9 cm³/mol. The Morgan fingerprint density at radius 3 is 2.25 bits per heavy atom. The van der Waals surface area contributed by atoms with Crippen LogP contribution in [-0.2, 0) is 33.1 Å². The number of carboxylic acid groups (broad SMARTS) is 1. The highest BCUT2D eigenvalue weighted by molar-refractivity contribution is 7.82. The molecule has 0 spiro atoms. The van der Waals surface area contributed by atoms with Gasteiger partial charge in [0.05, 0.1) is 0 Å². The SMILES string of the molecule is CC(C)C[C@H](NC(=O)[C@H]1OS(=O)(=O)O[C@@H]1C(=O)O)C(=O)NC1CC1. The maximum atomic E-state index is 12.2. The molecule has 2 amide bonds. The summed E-state index contributed by atoms with van der Waals surface area (Å²) < 4.78 is 31.1. The average Bonchev–Trinajstić information content (AvgIpc) is 3.18. The summed E-state index contributed by atoms with van der Waals surface area (Å²) in [4.78, 5) is 35.4. The van der Waals surface area contributed by atoms with Gasteiger partial charge in [0.25, 0.3) is 5.91 Å². The van der Waals surface area contributed by atoms with Crippen LogP contribution in [0.1, 0.15) is 33.1 Å². The maximum Gasteiger partial charge on any atom is 0.401 e. The first-order valence-corrected chi connectivity index (χ1v) is 8.87. The van der Waals surface area contributed by atoms with Gasteiger partial charge in [0.15, 0.2) is 6.10 Å². The fourth-order valence-corrected chi connectivity index (χ4v) is 3.14. The number of rotatable bonds is 7. The third-order valence-electron chi connectivity index (χ3n) is 3.48. The minimum absolute atomic E-state index is 0.0694. The van der Waals surface area contributed by atoms with Crippen LogP contribution in [0.3, 0.4) is 0 Å². The molecule has 2 aliphatic rings. The monoisotopic (exact) mass is 364 g/mol. The molecule has 0 aromatic carbocycles. The molecule has 136 valence electrons. The fraction of sp³-hybridized carbons (Fsp3) is 0.769. The molecule has 1 heterocycles. The van der Waals surface area contributed by atoms with E-state index in [1.165, 1.54) is 0 Å². The minimum atomic E-state index is -4.56.